The number of pyridine rings is 1. The highest BCUT2D eigenvalue weighted by Crippen LogP contribution is 2.27. The van der Waals surface area contributed by atoms with Crippen LogP contribution in [-0.2, 0) is 4.79 Å². The fourth-order valence-electron chi connectivity index (χ4n) is 4.90. The van der Waals surface area contributed by atoms with Crippen molar-refractivity contribution in [2.24, 2.45) is 0 Å². The molecule has 7 heteroatoms. The first-order chi connectivity index (χ1) is 16.9. The van der Waals surface area contributed by atoms with Gasteiger partial charge in [0.05, 0.1) is 11.4 Å². The zero-order valence-electron chi connectivity index (χ0n) is 20.7. The Labute approximate surface area is 205 Å². The van der Waals surface area contributed by atoms with E-state index in [0.717, 1.165) is 34.5 Å². The van der Waals surface area contributed by atoms with Gasteiger partial charge in [-0.15, -0.1) is 0 Å². The van der Waals surface area contributed by atoms with Crippen LogP contribution in [0.2, 0.25) is 0 Å². The molecule has 35 heavy (non-hydrogen) atoms. The molecule has 1 atom stereocenters. The quantitative estimate of drug-likeness (QED) is 0.432. The van der Waals surface area contributed by atoms with Gasteiger partial charge in [-0.1, -0.05) is 30.3 Å². The van der Waals surface area contributed by atoms with Crippen molar-refractivity contribution in [2.75, 3.05) is 31.1 Å². The van der Waals surface area contributed by atoms with Gasteiger partial charge in [0.15, 0.2) is 12.3 Å². The van der Waals surface area contributed by atoms with Crippen LogP contribution >= 0.6 is 0 Å². The molecule has 1 unspecified atom stereocenters. The van der Waals surface area contributed by atoms with E-state index >= 15 is 0 Å². The van der Waals surface area contributed by atoms with E-state index in [2.05, 4.69) is 43.0 Å². The van der Waals surface area contributed by atoms with Crippen LogP contribution in [0.1, 0.15) is 23.7 Å². The molecule has 3 heterocycles. The van der Waals surface area contributed by atoms with Crippen molar-refractivity contribution in [1.29, 1.82) is 0 Å². The molecule has 0 spiro atoms. The molecule has 180 valence electrons. The number of para-hydroxylation sites is 1. The van der Waals surface area contributed by atoms with Gasteiger partial charge < -0.3 is 14.5 Å². The van der Waals surface area contributed by atoms with Crippen LogP contribution in [0.5, 0.6) is 5.88 Å². The van der Waals surface area contributed by atoms with Gasteiger partial charge in [0, 0.05) is 42.8 Å². The van der Waals surface area contributed by atoms with E-state index in [1.807, 2.05) is 59.8 Å². The minimum Gasteiger partial charge on any atom is -0.467 e. The Bertz CT molecular complexity index is 1360. The SMILES string of the molecule is Cc1cccc(N2CCN(C(=O)COc3cc(C)c4c(C)nn(-c5ccccc5)c4n3)CC2C)c1. The summed E-state index contributed by atoms with van der Waals surface area (Å²) in [5, 5.41) is 5.70. The lowest BCUT2D eigenvalue weighted by molar-refractivity contribution is -0.134. The average Bonchev–Trinajstić information content (AvgIpc) is 3.19. The molecule has 5 rings (SSSR count). The highest BCUT2D eigenvalue weighted by molar-refractivity contribution is 5.84. The fourth-order valence-corrected chi connectivity index (χ4v) is 4.90. The Morgan fingerprint density at radius 1 is 1.00 bits per heavy atom. The number of carbonyl (C=O) groups excluding carboxylic acids is 1. The first kappa shape index (κ1) is 22.9. The number of hydrogen-bond donors (Lipinski definition) is 0. The number of aromatic nitrogens is 3. The topological polar surface area (TPSA) is 63.5 Å². The van der Waals surface area contributed by atoms with Crippen molar-refractivity contribution >= 4 is 22.6 Å². The summed E-state index contributed by atoms with van der Waals surface area (Å²) in [5.74, 6) is 0.417. The van der Waals surface area contributed by atoms with Crippen molar-refractivity contribution in [2.45, 2.75) is 33.7 Å². The summed E-state index contributed by atoms with van der Waals surface area (Å²) in [5.41, 5.74) is 6.06. The molecule has 2 aromatic carbocycles. The third kappa shape index (κ3) is 4.58. The van der Waals surface area contributed by atoms with Crippen LogP contribution in [0.4, 0.5) is 5.69 Å². The number of nitrogens with zero attached hydrogens (tertiary/aromatic N) is 5. The second kappa shape index (κ2) is 9.41. The fraction of sp³-hybridized carbons (Fsp3) is 0.321. The third-order valence-corrected chi connectivity index (χ3v) is 6.64. The number of carbonyl (C=O) groups is 1. The summed E-state index contributed by atoms with van der Waals surface area (Å²) in [7, 11) is 0. The maximum Gasteiger partial charge on any atom is 0.260 e. The summed E-state index contributed by atoms with van der Waals surface area (Å²) in [6.45, 7) is 10.4. The number of aryl methyl sites for hydroxylation is 3. The van der Waals surface area contributed by atoms with Crippen molar-refractivity contribution in [3.63, 3.8) is 0 Å². The predicted molar refractivity (Wildman–Crippen MR) is 138 cm³/mol. The number of ether oxygens (including phenoxy) is 1. The van der Waals surface area contributed by atoms with Crippen LogP contribution in [0.15, 0.2) is 60.7 Å². The second-order valence-corrected chi connectivity index (χ2v) is 9.32. The molecule has 1 aliphatic rings. The second-order valence-electron chi connectivity index (χ2n) is 9.32. The molecule has 0 saturated carbocycles. The lowest BCUT2D eigenvalue weighted by atomic mass is 10.1. The Kier molecular flexibility index (Phi) is 6.16. The molecule has 1 fully saturated rings. The van der Waals surface area contributed by atoms with Gasteiger partial charge in [-0.3, -0.25) is 4.79 Å². The number of piperazine rings is 1. The highest BCUT2D eigenvalue weighted by atomic mass is 16.5. The standard InChI is InChI=1S/C28H31N5O2/c1-19-9-8-12-24(15-19)32-14-13-31(17-21(32)3)26(34)18-35-25-16-20(2)27-22(4)30-33(28(27)29-25)23-10-6-5-7-11-23/h5-12,15-16,21H,13-14,17-18H2,1-4H3. The Morgan fingerprint density at radius 2 is 1.77 bits per heavy atom. The van der Waals surface area contributed by atoms with Crippen LogP contribution < -0.4 is 9.64 Å². The van der Waals surface area contributed by atoms with Gasteiger partial charge >= 0.3 is 0 Å². The molecule has 0 N–H and O–H groups in total. The summed E-state index contributed by atoms with van der Waals surface area (Å²) in [4.78, 5) is 22.0. The van der Waals surface area contributed by atoms with E-state index in [9.17, 15) is 4.79 Å². The Hall–Kier alpha value is -3.87. The lowest BCUT2D eigenvalue weighted by Crippen LogP contribution is -2.54. The molecule has 1 amide bonds. The van der Waals surface area contributed by atoms with Gasteiger partial charge in [0.1, 0.15) is 0 Å². The molecular formula is C28H31N5O2. The van der Waals surface area contributed by atoms with E-state index in [-0.39, 0.29) is 18.6 Å². The zero-order valence-corrected chi connectivity index (χ0v) is 20.7. The Balaban J connectivity index is 1.29. The van der Waals surface area contributed by atoms with Crippen LogP contribution in [0.25, 0.3) is 16.7 Å². The van der Waals surface area contributed by atoms with Crippen LogP contribution in [0, 0.1) is 20.8 Å². The average molecular weight is 470 g/mol. The first-order valence-electron chi connectivity index (χ1n) is 12.1. The molecule has 1 aliphatic heterocycles. The molecule has 0 radical (unpaired) electrons. The van der Waals surface area contributed by atoms with Gasteiger partial charge in [0.2, 0.25) is 5.88 Å². The number of amides is 1. The van der Waals surface area contributed by atoms with Crippen molar-refractivity contribution in [3.05, 3.63) is 77.5 Å². The smallest absolute Gasteiger partial charge is 0.260 e. The number of hydrogen-bond acceptors (Lipinski definition) is 5. The summed E-state index contributed by atoms with van der Waals surface area (Å²) in [6.07, 6.45) is 0. The lowest BCUT2D eigenvalue weighted by Gasteiger charge is -2.41. The van der Waals surface area contributed by atoms with E-state index in [0.29, 0.717) is 19.0 Å². The van der Waals surface area contributed by atoms with Gasteiger partial charge in [-0.25, -0.2) is 4.68 Å². The molecule has 4 aromatic rings. The molecule has 2 aromatic heterocycles. The van der Waals surface area contributed by atoms with Crippen molar-refractivity contribution in [1.82, 2.24) is 19.7 Å². The summed E-state index contributed by atoms with van der Waals surface area (Å²) >= 11 is 0. The van der Waals surface area contributed by atoms with Crippen LogP contribution in [-0.4, -0.2) is 57.9 Å². The number of anilines is 1. The summed E-state index contributed by atoms with van der Waals surface area (Å²) in [6, 6.07) is 20.6. The predicted octanol–water partition coefficient (Wildman–Crippen LogP) is 4.46. The van der Waals surface area contributed by atoms with Gasteiger partial charge in [0.25, 0.3) is 5.91 Å². The molecule has 7 nitrogen and oxygen atoms in total. The zero-order chi connectivity index (χ0) is 24.5. The largest absolute Gasteiger partial charge is 0.467 e. The molecule has 1 saturated heterocycles. The van der Waals surface area contributed by atoms with E-state index in [4.69, 9.17) is 14.8 Å². The molecule has 0 bridgehead atoms. The number of fused-ring (bicyclic) bond motifs is 1. The van der Waals surface area contributed by atoms with E-state index < -0.39 is 0 Å². The molecular weight excluding hydrogens is 438 g/mol. The maximum absolute atomic E-state index is 13.0. The minimum atomic E-state index is -0.0342. The molecule has 0 aliphatic carbocycles. The van der Waals surface area contributed by atoms with Gasteiger partial charge in [-0.05, 0) is 63.1 Å². The summed E-state index contributed by atoms with van der Waals surface area (Å²) < 4.78 is 7.75. The van der Waals surface area contributed by atoms with Crippen molar-refractivity contribution in [3.8, 4) is 11.6 Å². The highest BCUT2D eigenvalue weighted by Gasteiger charge is 2.27. The monoisotopic (exact) mass is 469 g/mol. The number of benzene rings is 2. The maximum atomic E-state index is 13.0. The van der Waals surface area contributed by atoms with Gasteiger partial charge in [-0.2, -0.15) is 10.1 Å². The van der Waals surface area contributed by atoms with E-state index in [1.54, 1.807) is 0 Å². The first-order valence-corrected chi connectivity index (χ1v) is 12.1. The minimum absolute atomic E-state index is 0.0203. The van der Waals surface area contributed by atoms with E-state index in [1.165, 1.54) is 11.3 Å². The Morgan fingerprint density at radius 3 is 2.51 bits per heavy atom. The third-order valence-electron chi connectivity index (χ3n) is 6.64. The van der Waals surface area contributed by atoms with Crippen LogP contribution in [0.3, 0.4) is 0 Å². The van der Waals surface area contributed by atoms with Crippen molar-refractivity contribution < 1.29 is 9.53 Å². The number of rotatable bonds is 5. The normalized spacial score (nSPS) is 16.1.